The summed E-state index contributed by atoms with van der Waals surface area (Å²) in [7, 11) is 1.22. The van der Waals surface area contributed by atoms with Crippen molar-refractivity contribution in [2.75, 3.05) is 13.7 Å². The van der Waals surface area contributed by atoms with Crippen LogP contribution in [-0.2, 0) is 32.1 Å². The Hall–Kier alpha value is -2.62. The highest BCUT2D eigenvalue weighted by Crippen LogP contribution is 2.22. The Morgan fingerprint density at radius 2 is 1.88 bits per heavy atom. The Labute approximate surface area is 199 Å². The van der Waals surface area contributed by atoms with Gasteiger partial charge < -0.3 is 25.2 Å². The first-order valence-corrected chi connectivity index (χ1v) is 10.9. The van der Waals surface area contributed by atoms with Crippen molar-refractivity contribution in [1.82, 2.24) is 10.6 Å². The fourth-order valence-electron chi connectivity index (χ4n) is 2.77. The standard InChI is InChI=1S/C22H24BrClN2O6/c1-31-21(29)19(10-15-9-16(24)7-8-18(15)23)26-20(28)11-17(27)12-25-22(30)32-13-14-5-3-2-4-6-14/h2-9,17,19,27H,10-13H2,1H3,(H,25,30)(H,26,28)/t17-,19-/m0/s1. The average molecular weight is 528 g/mol. The summed E-state index contributed by atoms with van der Waals surface area (Å²) in [4.78, 5) is 36.2. The summed E-state index contributed by atoms with van der Waals surface area (Å²) >= 11 is 9.39. The molecule has 0 spiro atoms. The normalized spacial score (nSPS) is 12.4. The predicted octanol–water partition coefficient (Wildman–Crippen LogP) is 2.98. The molecule has 0 unspecified atom stereocenters. The predicted molar refractivity (Wildman–Crippen MR) is 122 cm³/mol. The number of nitrogens with one attached hydrogen (secondary N) is 2. The summed E-state index contributed by atoms with van der Waals surface area (Å²) < 4.78 is 10.5. The average Bonchev–Trinajstić information content (AvgIpc) is 2.78. The molecule has 0 heterocycles. The van der Waals surface area contributed by atoms with Crippen molar-refractivity contribution in [3.63, 3.8) is 0 Å². The largest absolute Gasteiger partial charge is 0.467 e. The van der Waals surface area contributed by atoms with Gasteiger partial charge in [-0.3, -0.25) is 4.79 Å². The number of hydrogen-bond acceptors (Lipinski definition) is 6. The van der Waals surface area contributed by atoms with Crippen molar-refractivity contribution >= 4 is 45.5 Å². The van der Waals surface area contributed by atoms with E-state index in [9.17, 15) is 19.5 Å². The molecule has 10 heteroatoms. The van der Waals surface area contributed by atoms with E-state index in [-0.39, 0.29) is 26.0 Å². The van der Waals surface area contributed by atoms with Gasteiger partial charge in [0, 0.05) is 22.5 Å². The van der Waals surface area contributed by atoms with Crippen molar-refractivity contribution < 1.29 is 29.0 Å². The molecule has 0 aliphatic carbocycles. The lowest BCUT2D eigenvalue weighted by Gasteiger charge is -2.19. The van der Waals surface area contributed by atoms with E-state index in [0.29, 0.717) is 10.6 Å². The van der Waals surface area contributed by atoms with E-state index < -0.39 is 30.1 Å². The van der Waals surface area contributed by atoms with Gasteiger partial charge in [-0.25, -0.2) is 9.59 Å². The van der Waals surface area contributed by atoms with Gasteiger partial charge in [-0.05, 0) is 29.3 Å². The minimum Gasteiger partial charge on any atom is -0.467 e. The Morgan fingerprint density at radius 3 is 2.56 bits per heavy atom. The highest BCUT2D eigenvalue weighted by atomic mass is 79.9. The van der Waals surface area contributed by atoms with E-state index in [2.05, 4.69) is 26.6 Å². The number of carbonyl (C=O) groups excluding carboxylic acids is 3. The van der Waals surface area contributed by atoms with Crippen molar-refractivity contribution in [3.8, 4) is 0 Å². The Bertz CT molecular complexity index is 928. The van der Waals surface area contributed by atoms with Gasteiger partial charge in [0.05, 0.1) is 19.6 Å². The van der Waals surface area contributed by atoms with Crippen LogP contribution in [0.3, 0.4) is 0 Å². The quantitative estimate of drug-likeness (QED) is 0.409. The smallest absolute Gasteiger partial charge is 0.407 e. The lowest BCUT2D eigenvalue weighted by Crippen LogP contribution is -2.45. The number of benzene rings is 2. The van der Waals surface area contributed by atoms with E-state index in [0.717, 1.165) is 10.0 Å². The number of aliphatic hydroxyl groups is 1. The van der Waals surface area contributed by atoms with E-state index in [1.165, 1.54) is 7.11 Å². The molecular formula is C22H24BrClN2O6. The van der Waals surface area contributed by atoms with Crippen LogP contribution in [0.5, 0.6) is 0 Å². The van der Waals surface area contributed by atoms with Crippen LogP contribution in [0.25, 0.3) is 0 Å². The minimum atomic E-state index is -1.17. The summed E-state index contributed by atoms with van der Waals surface area (Å²) in [5.41, 5.74) is 1.53. The Kier molecular flexibility index (Phi) is 10.5. The number of aliphatic hydroxyl groups excluding tert-OH is 1. The molecule has 0 aliphatic heterocycles. The van der Waals surface area contributed by atoms with E-state index in [4.69, 9.17) is 21.1 Å². The van der Waals surface area contributed by atoms with Crippen LogP contribution < -0.4 is 10.6 Å². The molecule has 0 aromatic heterocycles. The summed E-state index contributed by atoms with van der Waals surface area (Å²) in [5, 5.41) is 15.5. The van der Waals surface area contributed by atoms with Gasteiger partial charge >= 0.3 is 12.1 Å². The molecule has 0 fully saturated rings. The molecule has 2 atom stereocenters. The lowest BCUT2D eigenvalue weighted by atomic mass is 10.1. The van der Waals surface area contributed by atoms with Gasteiger partial charge in [-0.1, -0.05) is 57.9 Å². The number of rotatable bonds is 10. The van der Waals surface area contributed by atoms with Crippen LogP contribution in [0.2, 0.25) is 5.02 Å². The second-order valence-corrected chi connectivity index (χ2v) is 8.17. The summed E-state index contributed by atoms with van der Waals surface area (Å²) in [6.45, 7) is -0.104. The van der Waals surface area contributed by atoms with Crippen molar-refractivity contribution in [2.45, 2.75) is 31.6 Å². The van der Waals surface area contributed by atoms with Crippen LogP contribution >= 0.6 is 27.5 Å². The highest BCUT2D eigenvalue weighted by Gasteiger charge is 2.24. The molecule has 32 heavy (non-hydrogen) atoms. The molecule has 0 aliphatic rings. The first kappa shape index (κ1) is 25.6. The molecule has 0 radical (unpaired) electrons. The van der Waals surface area contributed by atoms with E-state index in [1.807, 2.05) is 30.3 Å². The Balaban J connectivity index is 1.81. The molecular weight excluding hydrogens is 504 g/mol. The zero-order valence-corrected chi connectivity index (χ0v) is 19.7. The number of carbonyl (C=O) groups is 3. The first-order chi connectivity index (χ1) is 15.3. The molecule has 0 saturated heterocycles. The van der Waals surface area contributed by atoms with Gasteiger partial charge in [0.15, 0.2) is 0 Å². The first-order valence-electron chi connectivity index (χ1n) is 9.72. The van der Waals surface area contributed by atoms with Crippen LogP contribution in [0.4, 0.5) is 4.79 Å². The number of alkyl carbamates (subject to hydrolysis) is 1. The third-order valence-electron chi connectivity index (χ3n) is 4.37. The van der Waals surface area contributed by atoms with Crippen LogP contribution in [-0.4, -0.2) is 48.9 Å². The van der Waals surface area contributed by atoms with Gasteiger partial charge in [0.1, 0.15) is 12.6 Å². The fourth-order valence-corrected chi connectivity index (χ4v) is 3.37. The second-order valence-electron chi connectivity index (χ2n) is 6.88. The zero-order chi connectivity index (χ0) is 23.5. The van der Waals surface area contributed by atoms with Crippen molar-refractivity contribution in [2.24, 2.45) is 0 Å². The summed E-state index contributed by atoms with van der Waals surface area (Å²) in [5.74, 6) is -1.21. The molecule has 172 valence electrons. The molecule has 0 bridgehead atoms. The monoisotopic (exact) mass is 526 g/mol. The van der Waals surface area contributed by atoms with E-state index in [1.54, 1.807) is 18.2 Å². The van der Waals surface area contributed by atoms with Crippen LogP contribution in [0, 0.1) is 0 Å². The second kappa shape index (κ2) is 13.0. The zero-order valence-electron chi connectivity index (χ0n) is 17.3. The SMILES string of the molecule is COC(=O)[C@H](Cc1cc(Cl)ccc1Br)NC(=O)C[C@H](O)CNC(=O)OCc1ccccc1. The maximum Gasteiger partial charge on any atom is 0.407 e. The molecule has 0 saturated carbocycles. The lowest BCUT2D eigenvalue weighted by molar-refractivity contribution is -0.145. The number of methoxy groups -OCH3 is 1. The maximum absolute atomic E-state index is 12.3. The third-order valence-corrected chi connectivity index (χ3v) is 5.38. The summed E-state index contributed by atoms with van der Waals surface area (Å²) in [6.07, 6.45) is -2.08. The van der Waals surface area contributed by atoms with Crippen molar-refractivity contribution in [1.29, 1.82) is 0 Å². The minimum absolute atomic E-state index is 0.0864. The van der Waals surface area contributed by atoms with Crippen LogP contribution in [0.1, 0.15) is 17.5 Å². The fraction of sp³-hybridized carbons (Fsp3) is 0.318. The van der Waals surface area contributed by atoms with E-state index >= 15 is 0 Å². The molecule has 2 amide bonds. The van der Waals surface area contributed by atoms with Gasteiger partial charge in [0.25, 0.3) is 0 Å². The van der Waals surface area contributed by atoms with Gasteiger partial charge in [0.2, 0.25) is 5.91 Å². The highest BCUT2D eigenvalue weighted by molar-refractivity contribution is 9.10. The number of amides is 2. The molecule has 2 rings (SSSR count). The topological polar surface area (TPSA) is 114 Å². The van der Waals surface area contributed by atoms with Crippen molar-refractivity contribution in [3.05, 3.63) is 69.2 Å². The number of hydrogen-bond donors (Lipinski definition) is 3. The van der Waals surface area contributed by atoms with Crippen LogP contribution in [0.15, 0.2) is 53.0 Å². The Morgan fingerprint density at radius 1 is 1.16 bits per heavy atom. The van der Waals surface area contributed by atoms with Gasteiger partial charge in [-0.15, -0.1) is 0 Å². The third kappa shape index (κ3) is 8.86. The number of halogens is 2. The molecule has 2 aromatic rings. The molecule has 3 N–H and O–H groups in total. The number of esters is 1. The summed E-state index contributed by atoms with van der Waals surface area (Å²) in [6, 6.07) is 13.3. The number of ether oxygens (including phenoxy) is 2. The maximum atomic E-state index is 12.3. The molecule has 2 aromatic carbocycles. The van der Waals surface area contributed by atoms with Gasteiger partial charge in [-0.2, -0.15) is 0 Å². The molecule has 8 nitrogen and oxygen atoms in total.